The summed E-state index contributed by atoms with van der Waals surface area (Å²) in [6, 6.07) is 2.39. The zero-order valence-electron chi connectivity index (χ0n) is 8.25. The number of nitrogens with zero attached hydrogens (tertiary/aromatic N) is 1. The molecule has 0 fully saturated rings. The first-order chi connectivity index (χ1) is 6.91. The van der Waals surface area contributed by atoms with Gasteiger partial charge in [0.1, 0.15) is 5.82 Å². The number of hydrogen-bond donors (Lipinski definition) is 1. The summed E-state index contributed by atoms with van der Waals surface area (Å²) in [5.41, 5.74) is 5.34. The summed E-state index contributed by atoms with van der Waals surface area (Å²) >= 11 is 10.7. The third kappa shape index (κ3) is 2.94. The quantitative estimate of drug-likeness (QED) is 0.611. The van der Waals surface area contributed by atoms with E-state index in [2.05, 4.69) is 0 Å². The molecule has 0 aliphatic heterocycles. The van der Waals surface area contributed by atoms with Gasteiger partial charge >= 0.3 is 0 Å². The van der Waals surface area contributed by atoms with Crippen molar-refractivity contribution in [1.82, 2.24) is 4.90 Å². The molecule has 0 spiro atoms. The van der Waals surface area contributed by atoms with Gasteiger partial charge in [-0.3, -0.25) is 0 Å². The Labute approximate surface area is 97.6 Å². The average Bonchev–Trinajstić information content (AvgIpc) is 2.13. The molecule has 0 aromatic heterocycles. The lowest BCUT2D eigenvalue weighted by Crippen LogP contribution is -2.25. The number of anilines is 1. The van der Waals surface area contributed by atoms with Crippen molar-refractivity contribution in [1.29, 1.82) is 0 Å². The Kier molecular flexibility index (Phi) is 3.71. The molecular formula is C9H10ClFN2OS. The molecule has 0 amide bonds. The molecule has 15 heavy (non-hydrogen) atoms. The summed E-state index contributed by atoms with van der Waals surface area (Å²) in [5, 5.41) is 0.355. The minimum Gasteiger partial charge on any atom is -0.430 e. The van der Waals surface area contributed by atoms with Gasteiger partial charge in [0, 0.05) is 20.2 Å². The van der Waals surface area contributed by atoms with Gasteiger partial charge in [-0.05, 0) is 18.3 Å². The first-order valence-electron chi connectivity index (χ1n) is 4.05. The number of hydrogen-bond acceptors (Lipinski definition) is 3. The molecule has 0 aliphatic carbocycles. The van der Waals surface area contributed by atoms with Crippen LogP contribution in [0.4, 0.5) is 10.1 Å². The van der Waals surface area contributed by atoms with Gasteiger partial charge in [0.15, 0.2) is 5.75 Å². The van der Waals surface area contributed by atoms with Crippen molar-refractivity contribution in [3.63, 3.8) is 0 Å². The van der Waals surface area contributed by atoms with Crippen LogP contribution in [-0.2, 0) is 0 Å². The van der Waals surface area contributed by atoms with Crippen LogP contribution in [-0.4, -0.2) is 24.2 Å². The van der Waals surface area contributed by atoms with Gasteiger partial charge in [-0.1, -0.05) is 11.6 Å². The summed E-state index contributed by atoms with van der Waals surface area (Å²) < 4.78 is 18.2. The predicted molar refractivity (Wildman–Crippen MR) is 62.7 cm³/mol. The second-order valence-electron chi connectivity index (χ2n) is 3.07. The van der Waals surface area contributed by atoms with Gasteiger partial charge in [-0.25, -0.2) is 4.39 Å². The van der Waals surface area contributed by atoms with E-state index < -0.39 is 5.82 Å². The Bertz CT molecular complexity index is 398. The maximum atomic E-state index is 12.9. The van der Waals surface area contributed by atoms with Crippen LogP contribution in [0.5, 0.6) is 5.75 Å². The van der Waals surface area contributed by atoms with Gasteiger partial charge in [0.2, 0.25) is 0 Å². The monoisotopic (exact) mass is 248 g/mol. The lowest BCUT2D eigenvalue weighted by molar-refractivity contribution is 0.449. The lowest BCUT2D eigenvalue weighted by Gasteiger charge is -2.15. The van der Waals surface area contributed by atoms with Gasteiger partial charge in [-0.2, -0.15) is 0 Å². The molecule has 0 heterocycles. The van der Waals surface area contributed by atoms with E-state index in [1.165, 1.54) is 6.07 Å². The smallest absolute Gasteiger partial charge is 0.264 e. The highest BCUT2D eigenvalue weighted by Crippen LogP contribution is 2.29. The minimum atomic E-state index is -0.580. The molecule has 1 rings (SSSR count). The molecule has 0 saturated carbocycles. The van der Waals surface area contributed by atoms with Crippen LogP contribution < -0.4 is 10.5 Å². The number of nitrogens with two attached hydrogens (primary N) is 1. The first-order valence-corrected chi connectivity index (χ1v) is 4.84. The van der Waals surface area contributed by atoms with Crippen molar-refractivity contribution < 1.29 is 9.13 Å². The Hall–Kier alpha value is -1.07. The molecule has 82 valence electrons. The highest BCUT2D eigenvalue weighted by atomic mass is 35.5. The standard InChI is InChI=1S/C9H10ClFN2OS/c1-13(2)9(15)14-8-4-7(12)6(11)3-5(8)10/h3-4H,12H2,1-2H3. The molecule has 0 atom stereocenters. The molecule has 0 radical (unpaired) electrons. The van der Waals surface area contributed by atoms with Crippen LogP contribution in [0.25, 0.3) is 0 Å². The highest BCUT2D eigenvalue weighted by Gasteiger charge is 2.10. The lowest BCUT2D eigenvalue weighted by atomic mass is 10.3. The maximum Gasteiger partial charge on any atom is 0.264 e. The van der Waals surface area contributed by atoms with E-state index in [1.54, 1.807) is 19.0 Å². The Morgan fingerprint density at radius 1 is 1.53 bits per heavy atom. The van der Waals surface area contributed by atoms with Crippen LogP contribution in [0.1, 0.15) is 0 Å². The van der Waals surface area contributed by atoms with Crippen LogP contribution >= 0.6 is 23.8 Å². The largest absolute Gasteiger partial charge is 0.430 e. The summed E-state index contributed by atoms with van der Waals surface area (Å²) in [5.74, 6) is -0.336. The zero-order valence-corrected chi connectivity index (χ0v) is 9.82. The van der Waals surface area contributed by atoms with Crippen molar-refractivity contribution in [2.24, 2.45) is 0 Å². The second-order valence-corrected chi connectivity index (χ2v) is 3.82. The molecule has 0 saturated heterocycles. The zero-order chi connectivity index (χ0) is 11.6. The normalized spacial score (nSPS) is 9.87. The Balaban J connectivity index is 2.96. The summed E-state index contributed by atoms with van der Waals surface area (Å²) in [4.78, 5) is 1.59. The summed E-state index contributed by atoms with van der Waals surface area (Å²) in [6.45, 7) is 0. The minimum absolute atomic E-state index is 0.0315. The molecule has 0 aliphatic rings. The summed E-state index contributed by atoms with van der Waals surface area (Å²) in [7, 11) is 3.45. The van der Waals surface area contributed by atoms with Crippen molar-refractivity contribution in [3.8, 4) is 5.75 Å². The third-order valence-electron chi connectivity index (χ3n) is 1.61. The van der Waals surface area contributed by atoms with Crippen LogP contribution in [0.3, 0.4) is 0 Å². The van der Waals surface area contributed by atoms with Crippen molar-refractivity contribution in [3.05, 3.63) is 23.0 Å². The van der Waals surface area contributed by atoms with Crippen LogP contribution in [0, 0.1) is 5.82 Å². The van der Waals surface area contributed by atoms with Crippen molar-refractivity contribution in [2.45, 2.75) is 0 Å². The number of ether oxygens (including phenoxy) is 1. The molecule has 2 N–H and O–H groups in total. The van der Waals surface area contributed by atoms with E-state index in [0.717, 1.165) is 6.07 Å². The van der Waals surface area contributed by atoms with E-state index in [9.17, 15) is 4.39 Å². The summed E-state index contributed by atoms with van der Waals surface area (Å²) in [6.07, 6.45) is 0. The van der Waals surface area contributed by atoms with Gasteiger partial charge in [-0.15, -0.1) is 0 Å². The number of rotatable bonds is 1. The molecule has 6 heteroatoms. The molecule has 3 nitrogen and oxygen atoms in total. The Morgan fingerprint density at radius 2 is 2.13 bits per heavy atom. The van der Waals surface area contributed by atoms with Crippen molar-refractivity contribution in [2.75, 3.05) is 19.8 Å². The highest BCUT2D eigenvalue weighted by molar-refractivity contribution is 7.80. The fourth-order valence-corrected chi connectivity index (χ4v) is 1.09. The van der Waals surface area contributed by atoms with Crippen LogP contribution in [0.15, 0.2) is 12.1 Å². The van der Waals surface area contributed by atoms with Gasteiger partial charge < -0.3 is 15.4 Å². The predicted octanol–water partition coefficient (Wildman–Crippen LogP) is 2.29. The number of benzene rings is 1. The maximum absolute atomic E-state index is 12.9. The number of thiocarbonyl (C=S) groups is 1. The Morgan fingerprint density at radius 3 is 2.67 bits per heavy atom. The van der Waals surface area contributed by atoms with E-state index in [4.69, 9.17) is 34.3 Å². The molecule has 1 aromatic rings. The average molecular weight is 249 g/mol. The fraction of sp³-hybridized carbons (Fsp3) is 0.222. The SMILES string of the molecule is CN(C)C(=S)Oc1cc(N)c(F)cc1Cl. The van der Waals surface area contributed by atoms with Gasteiger partial charge in [0.05, 0.1) is 10.7 Å². The second kappa shape index (κ2) is 4.63. The fourth-order valence-electron chi connectivity index (χ4n) is 0.808. The van der Waals surface area contributed by atoms with E-state index in [-0.39, 0.29) is 21.6 Å². The van der Waals surface area contributed by atoms with Gasteiger partial charge in [0.25, 0.3) is 5.17 Å². The van der Waals surface area contributed by atoms with Crippen molar-refractivity contribution >= 4 is 34.7 Å². The van der Waals surface area contributed by atoms with Crippen LogP contribution in [0.2, 0.25) is 5.02 Å². The topological polar surface area (TPSA) is 38.5 Å². The molecule has 0 unspecified atom stereocenters. The number of nitrogen functional groups attached to an aromatic ring is 1. The molecular weight excluding hydrogens is 239 g/mol. The van der Waals surface area contributed by atoms with E-state index in [0.29, 0.717) is 0 Å². The van der Waals surface area contributed by atoms with E-state index in [1.807, 2.05) is 0 Å². The van der Waals surface area contributed by atoms with E-state index >= 15 is 0 Å². The number of halogens is 2. The molecule has 1 aromatic carbocycles. The third-order valence-corrected chi connectivity index (χ3v) is 2.36. The first kappa shape index (κ1) is 12.0. The molecule has 0 bridgehead atoms.